The predicted octanol–water partition coefficient (Wildman–Crippen LogP) is 1.25. The van der Waals surface area contributed by atoms with Crippen molar-refractivity contribution in [2.75, 3.05) is 39.8 Å². The molecular formula is C13H18F2N2O. The molecule has 1 fully saturated rings. The lowest BCUT2D eigenvalue weighted by Crippen LogP contribution is -2.45. The summed E-state index contributed by atoms with van der Waals surface area (Å²) in [6.07, 6.45) is -1.12. The Morgan fingerprint density at radius 3 is 2.28 bits per heavy atom. The molecule has 0 bridgehead atoms. The highest BCUT2D eigenvalue weighted by atomic mass is 19.1. The van der Waals surface area contributed by atoms with Gasteiger partial charge in [-0.1, -0.05) is 6.07 Å². The average molecular weight is 256 g/mol. The smallest absolute Gasteiger partial charge is 0.131 e. The lowest BCUT2D eigenvalue weighted by Gasteiger charge is -2.33. The summed E-state index contributed by atoms with van der Waals surface area (Å²) in [5, 5.41) is 9.97. The third-order valence-electron chi connectivity index (χ3n) is 3.36. The third kappa shape index (κ3) is 3.04. The molecule has 18 heavy (non-hydrogen) atoms. The Bertz CT molecular complexity index is 386. The summed E-state index contributed by atoms with van der Waals surface area (Å²) in [4.78, 5) is 4.21. The molecular weight excluding hydrogens is 238 g/mol. The van der Waals surface area contributed by atoms with Crippen LogP contribution in [0.5, 0.6) is 0 Å². The molecule has 0 spiro atoms. The highest BCUT2D eigenvalue weighted by Crippen LogP contribution is 2.21. The standard InChI is InChI=1S/C13H18F2N2O/c1-16-5-7-17(8-6-16)9-12(18)13-10(14)3-2-4-11(13)15/h2-4,12,18H,5-9H2,1H3. The summed E-state index contributed by atoms with van der Waals surface area (Å²) in [6.45, 7) is 3.71. The van der Waals surface area contributed by atoms with Gasteiger partial charge in [0.15, 0.2) is 0 Å². The van der Waals surface area contributed by atoms with E-state index in [0.29, 0.717) is 0 Å². The quantitative estimate of drug-likeness (QED) is 0.881. The number of nitrogens with zero attached hydrogens (tertiary/aromatic N) is 2. The van der Waals surface area contributed by atoms with Gasteiger partial charge in [-0.05, 0) is 19.2 Å². The molecule has 1 aromatic carbocycles. The molecule has 1 heterocycles. The molecule has 0 radical (unpaired) electrons. The molecule has 1 aliphatic heterocycles. The third-order valence-corrected chi connectivity index (χ3v) is 3.36. The van der Waals surface area contributed by atoms with Gasteiger partial charge in [-0.3, -0.25) is 4.90 Å². The first-order valence-corrected chi connectivity index (χ1v) is 6.11. The maximum atomic E-state index is 13.5. The molecule has 1 saturated heterocycles. The monoisotopic (exact) mass is 256 g/mol. The van der Waals surface area contributed by atoms with Crippen LogP contribution < -0.4 is 0 Å². The van der Waals surface area contributed by atoms with E-state index in [2.05, 4.69) is 4.90 Å². The Morgan fingerprint density at radius 1 is 1.17 bits per heavy atom. The van der Waals surface area contributed by atoms with Gasteiger partial charge >= 0.3 is 0 Å². The summed E-state index contributed by atoms with van der Waals surface area (Å²) >= 11 is 0. The number of benzene rings is 1. The van der Waals surface area contributed by atoms with Crippen LogP contribution in [0.25, 0.3) is 0 Å². The number of aliphatic hydroxyl groups is 1. The van der Waals surface area contributed by atoms with Gasteiger partial charge in [-0.25, -0.2) is 8.78 Å². The lowest BCUT2D eigenvalue weighted by molar-refractivity contribution is 0.0765. The van der Waals surface area contributed by atoms with Crippen LogP contribution >= 0.6 is 0 Å². The van der Waals surface area contributed by atoms with Crippen molar-refractivity contribution >= 4 is 0 Å². The zero-order valence-corrected chi connectivity index (χ0v) is 10.4. The maximum Gasteiger partial charge on any atom is 0.131 e. The fraction of sp³-hybridized carbons (Fsp3) is 0.538. The number of β-amino-alcohol motifs (C(OH)–C–C–N with tert-alkyl or cyclic N) is 1. The minimum atomic E-state index is -1.12. The van der Waals surface area contributed by atoms with Crippen LogP contribution in [-0.4, -0.2) is 54.7 Å². The minimum absolute atomic E-state index is 0.226. The van der Waals surface area contributed by atoms with Gasteiger partial charge in [0.25, 0.3) is 0 Å². The summed E-state index contributed by atoms with van der Waals surface area (Å²) in [6, 6.07) is 3.65. The minimum Gasteiger partial charge on any atom is -0.387 e. The van der Waals surface area contributed by atoms with E-state index in [4.69, 9.17) is 0 Å². The second-order valence-electron chi connectivity index (χ2n) is 4.76. The molecule has 3 nitrogen and oxygen atoms in total. The van der Waals surface area contributed by atoms with Gasteiger partial charge in [0.05, 0.1) is 11.7 Å². The van der Waals surface area contributed by atoms with Crippen molar-refractivity contribution < 1.29 is 13.9 Å². The molecule has 1 aromatic rings. The van der Waals surface area contributed by atoms with Crippen LogP contribution in [0.4, 0.5) is 8.78 Å². The number of halogens is 2. The Labute approximate surface area is 106 Å². The van der Waals surface area contributed by atoms with E-state index >= 15 is 0 Å². The first-order chi connectivity index (χ1) is 8.58. The second kappa shape index (κ2) is 5.73. The van der Waals surface area contributed by atoms with E-state index in [-0.39, 0.29) is 12.1 Å². The zero-order valence-electron chi connectivity index (χ0n) is 10.4. The average Bonchev–Trinajstić information content (AvgIpc) is 2.32. The van der Waals surface area contributed by atoms with Crippen molar-refractivity contribution in [3.63, 3.8) is 0 Å². The van der Waals surface area contributed by atoms with E-state index in [9.17, 15) is 13.9 Å². The summed E-state index contributed by atoms with van der Waals surface area (Å²) in [7, 11) is 2.03. The molecule has 0 saturated carbocycles. The molecule has 0 aromatic heterocycles. The highest BCUT2D eigenvalue weighted by molar-refractivity contribution is 5.22. The first-order valence-electron chi connectivity index (χ1n) is 6.11. The number of rotatable bonds is 3. The van der Waals surface area contributed by atoms with E-state index in [0.717, 1.165) is 26.2 Å². The maximum absolute atomic E-state index is 13.5. The predicted molar refractivity (Wildman–Crippen MR) is 65.3 cm³/mol. The van der Waals surface area contributed by atoms with E-state index < -0.39 is 17.7 Å². The number of likely N-dealkylation sites (N-methyl/N-ethyl adjacent to an activating group) is 1. The first kappa shape index (κ1) is 13.4. The van der Waals surface area contributed by atoms with Crippen molar-refractivity contribution in [3.8, 4) is 0 Å². The van der Waals surface area contributed by atoms with Crippen LogP contribution in [0.15, 0.2) is 18.2 Å². The van der Waals surface area contributed by atoms with Crippen molar-refractivity contribution in [3.05, 3.63) is 35.4 Å². The van der Waals surface area contributed by atoms with Gasteiger partial charge in [-0.2, -0.15) is 0 Å². The van der Waals surface area contributed by atoms with Crippen molar-refractivity contribution in [2.45, 2.75) is 6.10 Å². The summed E-state index contributed by atoms with van der Waals surface area (Å²) in [5.74, 6) is -1.37. The van der Waals surface area contributed by atoms with E-state index in [1.807, 2.05) is 11.9 Å². The number of hydrogen-bond acceptors (Lipinski definition) is 3. The Kier molecular flexibility index (Phi) is 4.27. The molecule has 1 aliphatic rings. The lowest BCUT2D eigenvalue weighted by atomic mass is 10.1. The van der Waals surface area contributed by atoms with Crippen LogP contribution in [-0.2, 0) is 0 Å². The highest BCUT2D eigenvalue weighted by Gasteiger charge is 2.22. The van der Waals surface area contributed by atoms with Crippen LogP contribution in [0.2, 0.25) is 0 Å². The summed E-state index contributed by atoms with van der Waals surface area (Å²) in [5.41, 5.74) is -0.226. The largest absolute Gasteiger partial charge is 0.387 e. The topological polar surface area (TPSA) is 26.7 Å². The molecule has 0 aliphatic carbocycles. The fourth-order valence-electron chi connectivity index (χ4n) is 2.20. The van der Waals surface area contributed by atoms with E-state index in [1.54, 1.807) is 0 Å². The van der Waals surface area contributed by atoms with Crippen LogP contribution in [0.1, 0.15) is 11.7 Å². The Morgan fingerprint density at radius 2 is 1.72 bits per heavy atom. The molecule has 100 valence electrons. The van der Waals surface area contributed by atoms with Crippen LogP contribution in [0, 0.1) is 11.6 Å². The zero-order chi connectivity index (χ0) is 13.1. The van der Waals surface area contributed by atoms with Gasteiger partial charge in [-0.15, -0.1) is 0 Å². The number of aliphatic hydroxyl groups excluding tert-OH is 1. The fourth-order valence-corrected chi connectivity index (χ4v) is 2.20. The molecule has 1 atom stereocenters. The van der Waals surface area contributed by atoms with Crippen molar-refractivity contribution in [1.29, 1.82) is 0 Å². The number of hydrogen-bond donors (Lipinski definition) is 1. The molecule has 0 amide bonds. The van der Waals surface area contributed by atoms with Crippen LogP contribution in [0.3, 0.4) is 0 Å². The van der Waals surface area contributed by atoms with Gasteiger partial charge in [0, 0.05) is 32.7 Å². The molecule has 1 unspecified atom stereocenters. The van der Waals surface area contributed by atoms with E-state index in [1.165, 1.54) is 18.2 Å². The summed E-state index contributed by atoms with van der Waals surface area (Å²) < 4.78 is 27.0. The van der Waals surface area contributed by atoms with Crippen molar-refractivity contribution in [1.82, 2.24) is 9.80 Å². The normalized spacial score (nSPS) is 20.0. The number of piperazine rings is 1. The van der Waals surface area contributed by atoms with Crippen molar-refractivity contribution in [2.24, 2.45) is 0 Å². The van der Waals surface area contributed by atoms with Gasteiger partial charge in [0.2, 0.25) is 0 Å². The second-order valence-corrected chi connectivity index (χ2v) is 4.76. The van der Waals surface area contributed by atoms with Gasteiger partial charge in [0.1, 0.15) is 11.6 Å². The van der Waals surface area contributed by atoms with Gasteiger partial charge < -0.3 is 10.0 Å². The molecule has 1 N–H and O–H groups in total. The Balaban J connectivity index is 2.01. The molecule has 5 heteroatoms. The SMILES string of the molecule is CN1CCN(CC(O)c2c(F)cccc2F)CC1. The Hall–Kier alpha value is -1.04. The molecule has 2 rings (SSSR count).